The lowest BCUT2D eigenvalue weighted by molar-refractivity contribution is 0.0903. The van der Waals surface area contributed by atoms with E-state index in [1.54, 1.807) is 19.2 Å². The van der Waals surface area contributed by atoms with Gasteiger partial charge in [0.15, 0.2) is 17.6 Å². The van der Waals surface area contributed by atoms with E-state index >= 15 is 0 Å². The smallest absolute Gasteiger partial charge is 0.317 e. The molecule has 1 heterocycles. The second-order valence-corrected chi connectivity index (χ2v) is 5.91. The van der Waals surface area contributed by atoms with Crippen molar-refractivity contribution in [3.05, 3.63) is 54.3 Å². The Morgan fingerprint density at radius 2 is 1.96 bits per heavy atom. The van der Waals surface area contributed by atoms with Gasteiger partial charge in [-0.2, -0.15) is 0 Å². The molecule has 2 aromatic rings. The fourth-order valence-electron chi connectivity index (χ4n) is 2.43. The van der Waals surface area contributed by atoms with Gasteiger partial charge in [-0.05, 0) is 36.4 Å². The summed E-state index contributed by atoms with van der Waals surface area (Å²) in [6, 6.07) is 13.0. The lowest BCUT2D eigenvalue weighted by atomic mass is 10.2. The van der Waals surface area contributed by atoms with Crippen LogP contribution in [0.1, 0.15) is 0 Å². The maximum Gasteiger partial charge on any atom is 0.317 e. The molecule has 0 unspecified atom stereocenters. The molecule has 138 valence electrons. The zero-order chi connectivity index (χ0) is 18.4. The number of hydrogen-bond donors (Lipinski definition) is 1. The van der Waals surface area contributed by atoms with Crippen molar-refractivity contribution in [2.75, 3.05) is 33.4 Å². The van der Waals surface area contributed by atoms with Gasteiger partial charge in [0, 0.05) is 7.05 Å². The van der Waals surface area contributed by atoms with Crippen molar-refractivity contribution in [1.82, 2.24) is 10.2 Å². The number of para-hydroxylation sites is 2. The van der Waals surface area contributed by atoms with E-state index in [0.29, 0.717) is 43.6 Å². The number of hydrogen-bond acceptors (Lipinski definition) is 4. The number of likely N-dealkylation sites (N-methyl/N-ethyl adjacent to an activating group) is 1. The van der Waals surface area contributed by atoms with E-state index in [0.717, 1.165) is 0 Å². The van der Waals surface area contributed by atoms with Crippen LogP contribution in [0, 0.1) is 5.82 Å². The van der Waals surface area contributed by atoms with Gasteiger partial charge in [0.1, 0.15) is 24.8 Å². The van der Waals surface area contributed by atoms with Crippen LogP contribution in [-0.4, -0.2) is 50.4 Å². The topological polar surface area (TPSA) is 60.0 Å². The van der Waals surface area contributed by atoms with Crippen LogP contribution in [-0.2, 0) is 0 Å². The Labute approximate surface area is 151 Å². The maximum atomic E-state index is 12.8. The summed E-state index contributed by atoms with van der Waals surface area (Å²) in [5.74, 6) is 1.64. The summed E-state index contributed by atoms with van der Waals surface area (Å²) in [7, 11) is 1.68. The lowest BCUT2D eigenvalue weighted by Crippen LogP contribution is -2.45. The van der Waals surface area contributed by atoms with Crippen LogP contribution in [0.5, 0.6) is 17.2 Å². The number of rotatable bonds is 6. The van der Waals surface area contributed by atoms with Crippen molar-refractivity contribution in [1.29, 1.82) is 0 Å². The van der Waals surface area contributed by atoms with Crippen molar-refractivity contribution in [2.24, 2.45) is 0 Å². The van der Waals surface area contributed by atoms with E-state index in [1.807, 2.05) is 24.3 Å². The van der Waals surface area contributed by atoms with Gasteiger partial charge in [-0.25, -0.2) is 9.18 Å². The Morgan fingerprint density at radius 3 is 2.73 bits per heavy atom. The first-order valence-electron chi connectivity index (χ1n) is 8.37. The molecule has 3 rings (SSSR count). The third kappa shape index (κ3) is 4.78. The number of carbonyl (C=O) groups excluding carboxylic acids is 1. The first-order valence-corrected chi connectivity index (χ1v) is 8.37. The Kier molecular flexibility index (Phi) is 5.78. The molecule has 0 saturated heterocycles. The number of nitrogens with one attached hydrogen (secondary N) is 1. The molecule has 0 aromatic heterocycles. The van der Waals surface area contributed by atoms with Gasteiger partial charge in [0.2, 0.25) is 0 Å². The average molecular weight is 360 g/mol. The predicted octanol–water partition coefficient (Wildman–Crippen LogP) is 2.69. The van der Waals surface area contributed by atoms with E-state index in [-0.39, 0.29) is 18.0 Å². The highest BCUT2D eigenvalue weighted by molar-refractivity contribution is 5.73. The van der Waals surface area contributed by atoms with Gasteiger partial charge in [-0.1, -0.05) is 12.1 Å². The van der Waals surface area contributed by atoms with Crippen LogP contribution in [0.25, 0.3) is 0 Å². The Bertz CT molecular complexity index is 739. The molecular weight excluding hydrogens is 339 g/mol. The molecule has 7 heteroatoms. The van der Waals surface area contributed by atoms with Crippen LogP contribution >= 0.6 is 0 Å². The molecule has 1 atom stereocenters. The highest BCUT2D eigenvalue weighted by Crippen LogP contribution is 2.30. The van der Waals surface area contributed by atoms with Crippen LogP contribution in [0.15, 0.2) is 48.5 Å². The Morgan fingerprint density at radius 1 is 1.23 bits per heavy atom. The van der Waals surface area contributed by atoms with E-state index in [2.05, 4.69) is 5.32 Å². The van der Waals surface area contributed by atoms with Crippen LogP contribution in [0.3, 0.4) is 0 Å². The standard InChI is InChI=1S/C19H21FN2O4/c1-22(10-11-24-15-8-6-14(20)7-9-15)19(23)21-12-16-13-25-17-4-2-3-5-18(17)26-16/h2-9,16H,10-13H2,1H3,(H,21,23)/t16-/m0/s1. The molecule has 0 saturated carbocycles. The molecule has 6 nitrogen and oxygen atoms in total. The maximum absolute atomic E-state index is 12.8. The number of ether oxygens (including phenoxy) is 3. The van der Waals surface area contributed by atoms with Gasteiger partial charge in [0.25, 0.3) is 0 Å². The summed E-state index contributed by atoms with van der Waals surface area (Å²) in [6.45, 7) is 1.44. The van der Waals surface area contributed by atoms with E-state index in [1.165, 1.54) is 17.0 Å². The second-order valence-electron chi connectivity index (χ2n) is 5.91. The molecule has 0 aliphatic carbocycles. The molecule has 2 aromatic carbocycles. The van der Waals surface area contributed by atoms with Crippen LogP contribution in [0.2, 0.25) is 0 Å². The summed E-state index contributed by atoms with van der Waals surface area (Å²) in [4.78, 5) is 13.6. The highest BCUT2D eigenvalue weighted by Gasteiger charge is 2.21. The minimum atomic E-state index is -0.314. The monoisotopic (exact) mass is 360 g/mol. The van der Waals surface area contributed by atoms with Crippen LogP contribution < -0.4 is 19.5 Å². The fourth-order valence-corrected chi connectivity index (χ4v) is 2.43. The van der Waals surface area contributed by atoms with Gasteiger partial charge >= 0.3 is 6.03 Å². The number of benzene rings is 2. The number of halogens is 1. The lowest BCUT2D eigenvalue weighted by Gasteiger charge is -2.27. The van der Waals surface area contributed by atoms with Crippen LogP contribution in [0.4, 0.5) is 9.18 Å². The molecule has 0 spiro atoms. The minimum Gasteiger partial charge on any atom is -0.492 e. The second kappa shape index (κ2) is 8.42. The molecule has 1 aliphatic heterocycles. The van der Waals surface area contributed by atoms with Crippen molar-refractivity contribution in [2.45, 2.75) is 6.10 Å². The molecular formula is C19H21FN2O4. The zero-order valence-electron chi connectivity index (χ0n) is 14.5. The van der Waals surface area contributed by atoms with E-state index in [4.69, 9.17) is 14.2 Å². The van der Waals surface area contributed by atoms with Gasteiger partial charge in [-0.15, -0.1) is 0 Å². The summed E-state index contributed by atoms with van der Waals surface area (Å²) in [5.41, 5.74) is 0. The molecule has 1 aliphatic rings. The van der Waals surface area contributed by atoms with Gasteiger partial charge < -0.3 is 24.4 Å². The van der Waals surface area contributed by atoms with E-state index in [9.17, 15) is 9.18 Å². The number of carbonyl (C=O) groups is 1. The van der Waals surface area contributed by atoms with Crippen molar-refractivity contribution < 1.29 is 23.4 Å². The average Bonchev–Trinajstić information content (AvgIpc) is 2.67. The summed E-state index contributed by atoms with van der Waals surface area (Å²) >= 11 is 0. The molecule has 0 bridgehead atoms. The van der Waals surface area contributed by atoms with Crippen molar-refractivity contribution >= 4 is 6.03 Å². The Hall–Kier alpha value is -2.96. The molecule has 0 fully saturated rings. The number of nitrogens with zero attached hydrogens (tertiary/aromatic N) is 1. The largest absolute Gasteiger partial charge is 0.492 e. The molecule has 0 radical (unpaired) electrons. The van der Waals surface area contributed by atoms with Crippen molar-refractivity contribution in [3.8, 4) is 17.2 Å². The summed E-state index contributed by atoms with van der Waals surface area (Å²) in [5, 5.41) is 2.82. The molecule has 26 heavy (non-hydrogen) atoms. The number of fused-ring (bicyclic) bond motifs is 1. The predicted molar refractivity (Wildman–Crippen MR) is 94.3 cm³/mol. The summed E-state index contributed by atoms with van der Waals surface area (Å²) < 4.78 is 29.7. The molecule has 1 N–H and O–H groups in total. The zero-order valence-corrected chi connectivity index (χ0v) is 14.5. The normalized spacial score (nSPS) is 15.2. The van der Waals surface area contributed by atoms with E-state index < -0.39 is 0 Å². The summed E-state index contributed by atoms with van der Waals surface area (Å²) in [6.07, 6.45) is -0.238. The molecule has 2 amide bonds. The SMILES string of the molecule is CN(CCOc1ccc(F)cc1)C(=O)NC[C@H]1COc2ccccc2O1. The number of amides is 2. The first-order chi connectivity index (χ1) is 12.6. The third-order valence-corrected chi connectivity index (χ3v) is 3.90. The Balaban J connectivity index is 1.37. The highest BCUT2D eigenvalue weighted by atomic mass is 19.1. The van der Waals surface area contributed by atoms with Gasteiger partial charge in [0.05, 0.1) is 13.1 Å². The number of urea groups is 1. The minimum absolute atomic E-state index is 0.227. The van der Waals surface area contributed by atoms with Gasteiger partial charge in [-0.3, -0.25) is 0 Å². The first kappa shape index (κ1) is 17.8. The fraction of sp³-hybridized carbons (Fsp3) is 0.316. The third-order valence-electron chi connectivity index (χ3n) is 3.90. The quantitative estimate of drug-likeness (QED) is 0.861. The van der Waals surface area contributed by atoms with Crippen molar-refractivity contribution in [3.63, 3.8) is 0 Å².